The minimum atomic E-state index is -1.86. The van der Waals surface area contributed by atoms with Crippen LogP contribution < -0.4 is 5.73 Å². The number of rotatable bonds is 5. The van der Waals surface area contributed by atoms with Crippen LogP contribution >= 0.6 is 0 Å². The lowest BCUT2D eigenvalue weighted by molar-refractivity contribution is -0.133. The van der Waals surface area contributed by atoms with E-state index in [1.165, 1.54) is 0 Å². The molecule has 0 aliphatic rings. The summed E-state index contributed by atoms with van der Waals surface area (Å²) < 4.78 is 6.00. The highest BCUT2D eigenvalue weighted by Crippen LogP contribution is 2.37. The molecule has 0 fully saturated rings. The minimum Gasteiger partial charge on any atom is -0.416 e. The van der Waals surface area contributed by atoms with Crippen LogP contribution in [-0.2, 0) is 9.22 Å². The van der Waals surface area contributed by atoms with Gasteiger partial charge in [-0.05, 0) is 18.1 Å². The van der Waals surface area contributed by atoms with Crippen molar-refractivity contribution in [2.75, 3.05) is 6.61 Å². The Labute approximate surface area is 106 Å². The van der Waals surface area contributed by atoms with Gasteiger partial charge in [-0.15, -0.1) is 0 Å². The van der Waals surface area contributed by atoms with Gasteiger partial charge in [-0.25, -0.2) is 0 Å². The number of hydrogen-bond acceptors (Lipinski definition) is 3. The first-order chi connectivity index (χ1) is 7.31. The van der Waals surface area contributed by atoms with E-state index >= 15 is 0 Å². The smallest absolute Gasteiger partial charge is 0.246 e. The molecule has 0 aromatic rings. The van der Waals surface area contributed by atoms with Gasteiger partial charge in [-0.1, -0.05) is 34.6 Å². The summed E-state index contributed by atoms with van der Waals surface area (Å²) in [6.45, 7) is 14.6. The number of carbonyl (C=O) groups is 1. The Hall–Kier alpha value is -0.393. The van der Waals surface area contributed by atoms with E-state index in [2.05, 4.69) is 33.9 Å². The number of primary amides is 1. The molecule has 0 aromatic carbocycles. The van der Waals surface area contributed by atoms with Crippen molar-refractivity contribution < 1.29 is 14.3 Å². The Morgan fingerprint density at radius 1 is 1.29 bits per heavy atom. The van der Waals surface area contributed by atoms with Gasteiger partial charge < -0.3 is 15.3 Å². The van der Waals surface area contributed by atoms with E-state index in [0.717, 1.165) is 0 Å². The van der Waals surface area contributed by atoms with E-state index in [1.54, 1.807) is 13.8 Å². The largest absolute Gasteiger partial charge is 0.416 e. The lowest BCUT2D eigenvalue weighted by atomic mass is 9.87. The van der Waals surface area contributed by atoms with Crippen LogP contribution in [0.3, 0.4) is 0 Å². The predicted octanol–water partition coefficient (Wildman–Crippen LogP) is 1.88. The van der Waals surface area contributed by atoms with E-state index in [9.17, 15) is 9.90 Å². The molecule has 1 amide bonds. The molecule has 0 bridgehead atoms. The van der Waals surface area contributed by atoms with Crippen LogP contribution in [0.2, 0.25) is 18.1 Å². The maximum Gasteiger partial charge on any atom is 0.246 e. The summed E-state index contributed by atoms with van der Waals surface area (Å²) in [4.78, 5) is 11.0. The third kappa shape index (κ3) is 4.41. The molecule has 0 saturated heterocycles. The number of nitrogens with two attached hydrogens (primary N) is 1. The molecule has 5 heteroatoms. The highest BCUT2D eigenvalue weighted by atomic mass is 28.4. The van der Waals surface area contributed by atoms with Gasteiger partial charge in [0.15, 0.2) is 8.32 Å². The molecule has 0 aromatic heterocycles. The summed E-state index contributed by atoms with van der Waals surface area (Å²) in [5.74, 6) is -0.700. The van der Waals surface area contributed by atoms with Gasteiger partial charge >= 0.3 is 0 Å². The fourth-order valence-electron chi connectivity index (χ4n) is 1.05. The van der Waals surface area contributed by atoms with Crippen LogP contribution in [0, 0.1) is 5.41 Å². The monoisotopic (exact) mass is 261 g/mol. The molecule has 17 heavy (non-hydrogen) atoms. The van der Waals surface area contributed by atoms with Crippen molar-refractivity contribution in [2.45, 2.75) is 58.9 Å². The Morgan fingerprint density at radius 2 is 1.71 bits per heavy atom. The average Bonchev–Trinajstić information content (AvgIpc) is 2.12. The SMILES string of the molecule is CC(C)(CO[Si](C)(C)C(C)(C)C)[C@@H](O)C(N)=O. The number of aliphatic hydroxyl groups is 1. The van der Waals surface area contributed by atoms with Gasteiger partial charge in [-0.3, -0.25) is 4.79 Å². The van der Waals surface area contributed by atoms with Crippen LogP contribution in [-0.4, -0.2) is 32.0 Å². The molecule has 102 valence electrons. The molecule has 0 heterocycles. The zero-order valence-corrected chi connectivity index (χ0v) is 13.1. The van der Waals surface area contributed by atoms with E-state index in [1.807, 2.05) is 0 Å². The summed E-state index contributed by atoms with van der Waals surface area (Å²) in [5, 5.41) is 9.83. The Morgan fingerprint density at radius 3 is 2.00 bits per heavy atom. The Kier molecular flexibility index (Phi) is 4.96. The molecule has 1 atom stereocenters. The topological polar surface area (TPSA) is 72.6 Å². The van der Waals surface area contributed by atoms with Crippen LogP contribution in [0.1, 0.15) is 34.6 Å². The lowest BCUT2D eigenvalue weighted by Crippen LogP contribution is -2.48. The van der Waals surface area contributed by atoms with Gasteiger partial charge in [0.25, 0.3) is 0 Å². The van der Waals surface area contributed by atoms with Crippen molar-refractivity contribution >= 4 is 14.2 Å². The van der Waals surface area contributed by atoms with E-state index < -0.39 is 25.7 Å². The molecule has 0 aliphatic carbocycles. The van der Waals surface area contributed by atoms with Gasteiger partial charge in [0.05, 0.1) is 0 Å². The summed E-state index contributed by atoms with van der Waals surface area (Å²) in [6, 6.07) is 0. The molecule has 0 rings (SSSR count). The second-order valence-electron chi connectivity index (χ2n) is 6.84. The molecule has 0 aliphatic heterocycles. The van der Waals surface area contributed by atoms with Crippen LogP contribution in [0.15, 0.2) is 0 Å². The number of hydrogen-bond donors (Lipinski definition) is 2. The maximum absolute atomic E-state index is 11.0. The summed E-state index contributed by atoms with van der Waals surface area (Å²) in [5.41, 5.74) is 4.46. The molecule has 4 nitrogen and oxygen atoms in total. The quantitative estimate of drug-likeness (QED) is 0.742. The fourth-order valence-corrected chi connectivity index (χ4v) is 2.21. The van der Waals surface area contributed by atoms with Crippen LogP contribution in [0.5, 0.6) is 0 Å². The molecule has 0 unspecified atom stereocenters. The first-order valence-corrected chi connectivity index (χ1v) is 8.83. The fraction of sp³-hybridized carbons (Fsp3) is 0.917. The normalized spacial score (nSPS) is 15.8. The third-order valence-electron chi connectivity index (χ3n) is 3.62. The van der Waals surface area contributed by atoms with Crippen LogP contribution in [0.25, 0.3) is 0 Å². The first-order valence-electron chi connectivity index (χ1n) is 5.92. The van der Waals surface area contributed by atoms with Crippen molar-refractivity contribution in [1.29, 1.82) is 0 Å². The average molecular weight is 261 g/mol. The second kappa shape index (κ2) is 5.08. The van der Waals surface area contributed by atoms with Crippen molar-refractivity contribution in [3.05, 3.63) is 0 Å². The lowest BCUT2D eigenvalue weighted by Gasteiger charge is -2.39. The first kappa shape index (κ1) is 16.6. The highest BCUT2D eigenvalue weighted by Gasteiger charge is 2.40. The molecule has 3 N–H and O–H groups in total. The maximum atomic E-state index is 11.0. The standard InChI is InChI=1S/C12H27NO3Si/c1-11(2,3)17(6,7)16-8-12(4,5)9(14)10(13)15/h9,14H,8H2,1-7H3,(H2,13,15)/t9-/m0/s1. The zero-order chi connectivity index (χ0) is 14.1. The van der Waals surface area contributed by atoms with Crippen molar-refractivity contribution in [1.82, 2.24) is 0 Å². The van der Waals surface area contributed by atoms with E-state index in [-0.39, 0.29) is 5.04 Å². The molecule has 0 spiro atoms. The predicted molar refractivity (Wildman–Crippen MR) is 72.1 cm³/mol. The van der Waals surface area contributed by atoms with Crippen molar-refractivity contribution in [2.24, 2.45) is 11.1 Å². The number of aliphatic hydroxyl groups excluding tert-OH is 1. The van der Waals surface area contributed by atoms with E-state index in [4.69, 9.17) is 10.2 Å². The van der Waals surface area contributed by atoms with E-state index in [0.29, 0.717) is 6.61 Å². The molecule has 0 saturated carbocycles. The molecule has 0 radical (unpaired) electrons. The van der Waals surface area contributed by atoms with Crippen molar-refractivity contribution in [3.63, 3.8) is 0 Å². The third-order valence-corrected chi connectivity index (χ3v) is 8.10. The van der Waals surface area contributed by atoms with Gasteiger partial charge in [0.1, 0.15) is 6.10 Å². The number of carbonyl (C=O) groups excluding carboxylic acids is 1. The highest BCUT2D eigenvalue weighted by molar-refractivity contribution is 6.74. The second-order valence-corrected chi connectivity index (χ2v) is 11.7. The van der Waals surface area contributed by atoms with Crippen LogP contribution in [0.4, 0.5) is 0 Å². The molecular formula is C12H27NO3Si. The summed E-state index contributed by atoms with van der Waals surface area (Å²) in [6.07, 6.45) is -1.17. The number of amides is 1. The molecular weight excluding hydrogens is 234 g/mol. The Bertz CT molecular complexity index is 282. The summed E-state index contributed by atoms with van der Waals surface area (Å²) in [7, 11) is -1.86. The minimum absolute atomic E-state index is 0.112. The van der Waals surface area contributed by atoms with Gasteiger partial charge in [-0.2, -0.15) is 0 Å². The van der Waals surface area contributed by atoms with Crippen molar-refractivity contribution in [3.8, 4) is 0 Å². The zero-order valence-electron chi connectivity index (χ0n) is 12.1. The summed E-state index contributed by atoms with van der Waals surface area (Å²) >= 11 is 0. The van der Waals surface area contributed by atoms with Gasteiger partial charge in [0, 0.05) is 12.0 Å². The Balaban J connectivity index is 4.62. The van der Waals surface area contributed by atoms with Gasteiger partial charge in [0.2, 0.25) is 5.91 Å².